The Hall–Kier alpha value is -2.99. The molecule has 1 unspecified atom stereocenters. The summed E-state index contributed by atoms with van der Waals surface area (Å²) >= 11 is 0. The van der Waals surface area contributed by atoms with Crippen LogP contribution in [0.1, 0.15) is 12.5 Å². The molecule has 4 rings (SSSR count). The van der Waals surface area contributed by atoms with Crippen LogP contribution < -0.4 is 14.8 Å². The maximum absolute atomic E-state index is 12.9. The molecule has 0 radical (unpaired) electrons. The average molecular weight is 380 g/mol. The zero-order valence-electron chi connectivity index (χ0n) is 14.8. The van der Waals surface area contributed by atoms with Gasteiger partial charge < -0.3 is 10.1 Å². The summed E-state index contributed by atoms with van der Waals surface area (Å²) in [6.07, 6.45) is 0.812. The van der Waals surface area contributed by atoms with Crippen molar-refractivity contribution in [1.29, 1.82) is 0 Å². The molecule has 5 nitrogen and oxygen atoms in total. The number of anilines is 2. The van der Waals surface area contributed by atoms with Crippen molar-refractivity contribution in [1.82, 2.24) is 0 Å². The molecule has 138 valence electrons. The van der Waals surface area contributed by atoms with Crippen molar-refractivity contribution in [3.05, 3.63) is 78.4 Å². The fourth-order valence-corrected chi connectivity index (χ4v) is 4.27. The fourth-order valence-electron chi connectivity index (χ4n) is 3.15. The number of para-hydroxylation sites is 3. The number of nitrogens with one attached hydrogen (secondary N) is 2. The van der Waals surface area contributed by atoms with Gasteiger partial charge in [0.1, 0.15) is 5.75 Å². The van der Waals surface area contributed by atoms with Crippen LogP contribution in [-0.4, -0.2) is 14.5 Å². The fraction of sp³-hybridized carbons (Fsp3) is 0.143. The number of hydrogen-bond donors (Lipinski definition) is 2. The molecule has 0 aromatic heterocycles. The van der Waals surface area contributed by atoms with E-state index in [2.05, 4.69) is 17.0 Å². The van der Waals surface area contributed by atoms with Gasteiger partial charge in [0.25, 0.3) is 10.0 Å². The smallest absolute Gasteiger partial charge is 0.262 e. The summed E-state index contributed by atoms with van der Waals surface area (Å²) in [6, 6.07) is 21.7. The van der Waals surface area contributed by atoms with Crippen LogP contribution in [0.25, 0.3) is 0 Å². The molecule has 27 heavy (non-hydrogen) atoms. The zero-order valence-corrected chi connectivity index (χ0v) is 15.7. The standard InChI is InChI=1S/C21H20N2O3S/c1-15-13-16-14-18(11-12-19(16)22-15)27(24,25)23-20-9-5-6-10-21(20)26-17-7-3-2-4-8-17/h2-12,14-15,22-23H,13H2,1H3. The van der Waals surface area contributed by atoms with Crippen molar-refractivity contribution in [2.45, 2.75) is 24.3 Å². The molecule has 0 aliphatic carbocycles. The first-order chi connectivity index (χ1) is 13.0. The van der Waals surface area contributed by atoms with Crippen LogP contribution in [0.15, 0.2) is 77.7 Å². The topological polar surface area (TPSA) is 67.4 Å². The van der Waals surface area contributed by atoms with E-state index in [1.807, 2.05) is 36.4 Å². The van der Waals surface area contributed by atoms with Crippen LogP contribution in [-0.2, 0) is 16.4 Å². The third-order valence-corrected chi connectivity index (χ3v) is 5.78. The lowest BCUT2D eigenvalue weighted by molar-refractivity contribution is 0.485. The Morgan fingerprint density at radius 1 is 1.00 bits per heavy atom. The highest BCUT2D eigenvalue weighted by molar-refractivity contribution is 7.92. The van der Waals surface area contributed by atoms with E-state index in [4.69, 9.17) is 4.74 Å². The van der Waals surface area contributed by atoms with Gasteiger partial charge in [0, 0.05) is 11.7 Å². The second-order valence-corrected chi connectivity index (χ2v) is 8.27. The van der Waals surface area contributed by atoms with Crippen LogP contribution >= 0.6 is 0 Å². The Kier molecular flexibility index (Phi) is 4.49. The molecular formula is C21H20N2O3S. The molecule has 0 amide bonds. The maximum atomic E-state index is 12.9. The van der Waals surface area contributed by atoms with Gasteiger partial charge in [-0.25, -0.2) is 8.42 Å². The van der Waals surface area contributed by atoms with E-state index in [9.17, 15) is 8.42 Å². The molecular weight excluding hydrogens is 360 g/mol. The van der Waals surface area contributed by atoms with E-state index in [1.165, 1.54) is 0 Å². The van der Waals surface area contributed by atoms with Gasteiger partial charge in [-0.1, -0.05) is 30.3 Å². The lowest BCUT2D eigenvalue weighted by Crippen LogP contribution is -2.13. The van der Waals surface area contributed by atoms with Gasteiger partial charge in [-0.2, -0.15) is 0 Å². The number of ether oxygens (including phenoxy) is 1. The number of fused-ring (bicyclic) bond motifs is 1. The van der Waals surface area contributed by atoms with Gasteiger partial charge in [-0.15, -0.1) is 0 Å². The molecule has 0 saturated carbocycles. The van der Waals surface area contributed by atoms with Gasteiger partial charge in [-0.3, -0.25) is 4.72 Å². The summed E-state index contributed by atoms with van der Waals surface area (Å²) in [5, 5.41) is 3.33. The predicted molar refractivity (Wildman–Crippen MR) is 107 cm³/mol. The van der Waals surface area contributed by atoms with E-state index < -0.39 is 10.0 Å². The minimum Gasteiger partial charge on any atom is -0.455 e. The third kappa shape index (κ3) is 3.75. The number of sulfonamides is 1. The van der Waals surface area contributed by atoms with Gasteiger partial charge in [0.05, 0.1) is 10.6 Å². The van der Waals surface area contributed by atoms with Gasteiger partial charge in [0.2, 0.25) is 0 Å². The van der Waals surface area contributed by atoms with Crippen LogP contribution in [0.5, 0.6) is 11.5 Å². The Balaban J connectivity index is 1.61. The van der Waals surface area contributed by atoms with Crippen molar-refractivity contribution in [2.75, 3.05) is 10.0 Å². The van der Waals surface area contributed by atoms with Gasteiger partial charge >= 0.3 is 0 Å². The maximum Gasteiger partial charge on any atom is 0.262 e. The van der Waals surface area contributed by atoms with E-state index >= 15 is 0 Å². The lowest BCUT2D eigenvalue weighted by atomic mass is 10.1. The molecule has 1 aliphatic rings. The first-order valence-corrected chi connectivity index (χ1v) is 10.2. The number of rotatable bonds is 5. The Bertz CT molecular complexity index is 1070. The Morgan fingerprint density at radius 3 is 2.56 bits per heavy atom. The highest BCUT2D eigenvalue weighted by Crippen LogP contribution is 2.32. The second-order valence-electron chi connectivity index (χ2n) is 6.59. The quantitative estimate of drug-likeness (QED) is 0.677. The molecule has 1 atom stereocenters. The second kappa shape index (κ2) is 6.96. The average Bonchev–Trinajstić information content (AvgIpc) is 3.03. The molecule has 0 saturated heterocycles. The normalized spacial score (nSPS) is 15.7. The molecule has 3 aromatic carbocycles. The Morgan fingerprint density at radius 2 is 1.74 bits per heavy atom. The summed E-state index contributed by atoms with van der Waals surface area (Å²) in [7, 11) is -3.72. The van der Waals surface area contributed by atoms with Crippen LogP contribution in [0.4, 0.5) is 11.4 Å². The van der Waals surface area contributed by atoms with Crippen molar-refractivity contribution in [3.63, 3.8) is 0 Å². The SMILES string of the molecule is CC1Cc2cc(S(=O)(=O)Nc3ccccc3Oc3ccccc3)ccc2N1. The summed E-state index contributed by atoms with van der Waals surface area (Å²) in [5.41, 5.74) is 2.40. The van der Waals surface area contributed by atoms with Crippen molar-refractivity contribution in [3.8, 4) is 11.5 Å². The largest absolute Gasteiger partial charge is 0.455 e. The molecule has 3 aromatic rings. The Labute approximate surface area is 159 Å². The van der Waals surface area contributed by atoms with Gasteiger partial charge in [-0.05, 0) is 61.4 Å². The van der Waals surface area contributed by atoms with Crippen molar-refractivity contribution >= 4 is 21.4 Å². The summed E-state index contributed by atoms with van der Waals surface area (Å²) in [6.45, 7) is 2.07. The summed E-state index contributed by atoms with van der Waals surface area (Å²) < 4.78 is 34.3. The first kappa shape index (κ1) is 17.4. The predicted octanol–water partition coefficient (Wildman–Crippen LogP) is 4.64. The number of hydrogen-bond acceptors (Lipinski definition) is 4. The highest BCUT2D eigenvalue weighted by atomic mass is 32.2. The first-order valence-electron chi connectivity index (χ1n) is 8.75. The minimum absolute atomic E-state index is 0.242. The van der Waals surface area contributed by atoms with Crippen LogP contribution in [0, 0.1) is 0 Å². The summed E-state index contributed by atoms with van der Waals surface area (Å²) in [4.78, 5) is 0.242. The molecule has 0 fully saturated rings. The monoisotopic (exact) mass is 380 g/mol. The molecule has 1 heterocycles. The molecule has 6 heteroatoms. The van der Waals surface area contributed by atoms with E-state index in [-0.39, 0.29) is 4.90 Å². The lowest BCUT2D eigenvalue weighted by Gasteiger charge is -2.14. The van der Waals surface area contributed by atoms with Gasteiger partial charge in [0.15, 0.2) is 5.75 Å². The highest BCUT2D eigenvalue weighted by Gasteiger charge is 2.22. The molecule has 1 aliphatic heterocycles. The molecule has 0 bridgehead atoms. The van der Waals surface area contributed by atoms with Crippen LogP contribution in [0.3, 0.4) is 0 Å². The third-order valence-electron chi connectivity index (χ3n) is 4.42. The van der Waals surface area contributed by atoms with Crippen molar-refractivity contribution in [2.24, 2.45) is 0 Å². The van der Waals surface area contributed by atoms with E-state index in [0.29, 0.717) is 23.2 Å². The van der Waals surface area contributed by atoms with Crippen LogP contribution in [0.2, 0.25) is 0 Å². The van der Waals surface area contributed by atoms with Crippen molar-refractivity contribution < 1.29 is 13.2 Å². The molecule has 2 N–H and O–H groups in total. The van der Waals surface area contributed by atoms with E-state index in [1.54, 1.807) is 36.4 Å². The number of benzene rings is 3. The minimum atomic E-state index is -3.72. The zero-order chi connectivity index (χ0) is 18.9. The van der Waals surface area contributed by atoms with E-state index in [0.717, 1.165) is 17.7 Å². The summed E-state index contributed by atoms with van der Waals surface area (Å²) in [5.74, 6) is 1.09. The molecule has 0 spiro atoms.